The monoisotopic (exact) mass is 345 g/mol. The summed E-state index contributed by atoms with van der Waals surface area (Å²) in [5, 5.41) is 0.824. The molecule has 1 heterocycles. The van der Waals surface area contributed by atoms with Gasteiger partial charge >= 0.3 is 6.09 Å². The molecule has 0 aliphatic carbocycles. The highest BCUT2D eigenvalue weighted by molar-refractivity contribution is 9.09. The lowest BCUT2D eigenvalue weighted by molar-refractivity contribution is -0.120. The minimum Gasteiger partial charge on any atom is -0.447 e. The smallest absolute Gasteiger partial charge is 0.410 e. The number of ether oxygens (including phenoxy) is 1. The number of halogens is 2. The van der Waals surface area contributed by atoms with Crippen molar-refractivity contribution in [2.45, 2.75) is 19.5 Å². The van der Waals surface area contributed by atoms with Gasteiger partial charge in [0, 0.05) is 11.6 Å². The zero-order valence-electron chi connectivity index (χ0n) is 10.4. The van der Waals surface area contributed by atoms with Gasteiger partial charge in [0.05, 0.1) is 5.33 Å². The van der Waals surface area contributed by atoms with Crippen LogP contribution in [-0.2, 0) is 16.1 Å². The highest BCUT2D eigenvalue weighted by Crippen LogP contribution is 2.21. The summed E-state index contributed by atoms with van der Waals surface area (Å²) in [6.07, 6.45) is -0.461. The standard InChI is InChI=1S/C13H13BrClNO3/c1-8-2-9(4-10(15)3-8)6-16-11(12(17)5-14)7-19-13(16)18/h2-4,11H,5-7H2,1H3/t11-/m1/s1. The van der Waals surface area contributed by atoms with Crippen LogP contribution >= 0.6 is 27.5 Å². The van der Waals surface area contributed by atoms with Crippen molar-refractivity contribution >= 4 is 39.4 Å². The van der Waals surface area contributed by atoms with Crippen molar-refractivity contribution in [3.63, 3.8) is 0 Å². The average Bonchev–Trinajstić information content (AvgIpc) is 2.69. The fourth-order valence-corrected chi connectivity index (χ4v) is 2.77. The Labute approximate surface area is 124 Å². The molecule has 1 saturated heterocycles. The number of aryl methyl sites for hydroxylation is 1. The van der Waals surface area contributed by atoms with Crippen LogP contribution in [-0.4, -0.2) is 34.8 Å². The summed E-state index contributed by atoms with van der Waals surface area (Å²) in [7, 11) is 0. The lowest BCUT2D eigenvalue weighted by Gasteiger charge is -2.20. The van der Waals surface area contributed by atoms with Crippen LogP contribution in [0.2, 0.25) is 5.02 Å². The molecule has 102 valence electrons. The predicted molar refractivity (Wildman–Crippen MR) is 75.7 cm³/mol. The Morgan fingerprint density at radius 3 is 2.89 bits per heavy atom. The molecule has 0 N–H and O–H groups in total. The molecular formula is C13H13BrClNO3. The van der Waals surface area contributed by atoms with Crippen molar-refractivity contribution in [1.82, 2.24) is 4.90 Å². The van der Waals surface area contributed by atoms with E-state index in [4.69, 9.17) is 16.3 Å². The Morgan fingerprint density at radius 2 is 2.26 bits per heavy atom. The zero-order valence-corrected chi connectivity index (χ0v) is 12.7. The van der Waals surface area contributed by atoms with Gasteiger partial charge in [-0.1, -0.05) is 33.6 Å². The number of hydrogen-bond acceptors (Lipinski definition) is 3. The third-order valence-corrected chi connectivity index (χ3v) is 3.70. The van der Waals surface area contributed by atoms with Crippen molar-refractivity contribution in [1.29, 1.82) is 0 Å². The molecule has 6 heteroatoms. The number of nitrogens with zero attached hydrogens (tertiary/aromatic N) is 1. The van der Waals surface area contributed by atoms with Gasteiger partial charge in [0.1, 0.15) is 12.6 Å². The van der Waals surface area contributed by atoms with Crippen molar-refractivity contribution in [3.05, 3.63) is 34.3 Å². The minimum atomic E-state index is -0.522. The summed E-state index contributed by atoms with van der Waals surface area (Å²) in [4.78, 5) is 24.9. The number of carbonyl (C=O) groups is 2. The van der Waals surface area contributed by atoms with Gasteiger partial charge in [0.15, 0.2) is 5.78 Å². The second kappa shape index (κ2) is 5.92. The largest absolute Gasteiger partial charge is 0.447 e. The fraction of sp³-hybridized carbons (Fsp3) is 0.385. The first-order chi connectivity index (χ1) is 9.01. The molecule has 0 unspecified atom stereocenters. The number of benzene rings is 1. The maximum Gasteiger partial charge on any atom is 0.410 e. The molecule has 1 aliphatic heterocycles. The third kappa shape index (κ3) is 3.28. The van der Waals surface area contributed by atoms with E-state index in [0.717, 1.165) is 11.1 Å². The first-order valence-electron chi connectivity index (χ1n) is 5.79. The van der Waals surface area contributed by atoms with Crippen LogP contribution in [0, 0.1) is 6.92 Å². The number of alkyl halides is 1. The molecule has 2 rings (SSSR count). The van der Waals surface area contributed by atoms with Crippen LogP contribution in [0.3, 0.4) is 0 Å². The predicted octanol–water partition coefficient (Wildman–Crippen LogP) is 2.93. The molecule has 19 heavy (non-hydrogen) atoms. The summed E-state index contributed by atoms with van der Waals surface area (Å²) >= 11 is 9.11. The van der Waals surface area contributed by atoms with Crippen LogP contribution in [0.15, 0.2) is 18.2 Å². The Hall–Kier alpha value is -1.07. The number of carbonyl (C=O) groups excluding carboxylic acids is 2. The maximum absolute atomic E-state index is 11.7. The molecule has 4 nitrogen and oxygen atoms in total. The summed E-state index contributed by atoms with van der Waals surface area (Å²) in [6.45, 7) is 2.37. The van der Waals surface area contributed by atoms with Crippen LogP contribution < -0.4 is 0 Å². The van der Waals surface area contributed by atoms with Crippen LogP contribution in [0.4, 0.5) is 4.79 Å². The van der Waals surface area contributed by atoms with Gasteiger partial charge in [-0.25, -0.2) is 4.79 Å². The molecule has 0 aromatic heterocycles. The summed E-state index contributed by atoms with van der Waals surface area (Å²) < 4.78 is 4.95. The number of hydrogen-bond donors (Lipinski definition) is 0. The van der Waals surface area contributed by atoms with Crippen LogP contribution in [0.5, 0.6) is 0 Å². The van der Waals surface area contributed by atoms with Crippen molar-refractivity contribution in [2.24, 2.45) is 0 Å². The Kier molecular flexibility index (Phi) is 4.47. The van der Waals surface area contributed by atoms with Gasteiger partial charge in [-0.15, -0.1) is 0 Å². The van der Waals surface area contributed by atoms with E-state index in [1.165, 1.54) is 4.90 Å². The molecule has 0 saturated carbocycles. The minimum absolute atomic E-state index is 0.0652. The number of rotatable bonds is 4. The summed E-state index contributed by atoms with van der Waals surface area (Å²) in [6, 6.07) is 5.04. The second-order valence-electron chi connectivity index (χ2n) is 4.46. The van der Waals surface area contributed by atoms with Crippen molar-refractivity contribution in [3.8, 4) is 0 Å². The van der Waals surface area contributed by atoms with Gasteiger partial charge in [-0.2, -0.15) is 0 Å². The van der Waals surface area contributed by atoms with Crippen LogP contribution in [0.25, 0.3) is 0 Å². The lowest BCUT2D eigenvalue weighted by atomic mass is 10.1. The van der Waals surface area contributed by atoms with Gasteiger partial charge in [0.2, 0.25) is 0 Å². The first kappa shape index (κ1) is 14.3. The lowest BCUT2D eigenvalue weighted by Crippen LogP contribution is -2.39. The van der Waals surface area contributed by atoms with E-state index >= 15 is 0 Å². The topological polar surface area (TPSA) is 46.6 Å². The number of ketones is 1. The highest BCUT2D eigenvalue weighted by Gasteiger charge is 2.37. The van der Waals surface area contributed by atoms with E-state index in [-0.39, 0.29) is 17.7 Å². The Balaban J connectivity index is 2.19. The molecule has 1 aliphatic rings. The second-order valence-corrected chi connectivity index (χ2v) is 5.45. The first-order valence-corrected chi connectivity index (χ1v) is 7.29. The maximum atomic E-state index is 11.7. The molecule has 1 aromatic rings. The average molecular weight is 347 g/mol. The van der Waals surface area contributed by atoms with Gasteiger partial charge in [0.25, 0.3) is 0 Å². The van der Waals surface area contributed by atoms with Gasteiger partial charge < -0.3 is 4.74 Å². The zero-order chi connectivity index (χ0) is 14.0. The van der Waals surface area contributed by atoms with E-state index in [9.17, 15) is 9.59 Å². The van der Waals surface area contributed by atoms with E-state index in [0.29, 0.717) is 11.6 Å². The molecule has 1 aromatic carbocycles. The van der Waals surface area contributed by atoms with E-state index in [1.807, 2.05) is 19.1 Å². The summed E-state index contributed by atoms with van der Waals surface area (Å²) in [5.41, 5.74) is 1.90. The number of Topliss-reactive ketones (excluding diaryl/α,β-unsaturated/α-hetero) is 1. The van der Waals surface area contributed by atoms with Gasteiger partial charge in [-0.05, 0) is 30.2 Å². The van der Waals surface area contributed by atoms with E-state index in [1.54, 1.807) is 6.07 Å². The molecule has 0 bridgehead atoms. The normalized spacial score (nSPS) is 18.6. The van der Waals surface area contributed by atoms with Crippen molar-refractivity contribution in [2.75, 3.05) is 11.9 Å². The molecular weight excluding hydrogens is 334 g/mol. The Bertz CT molecular complexity index is 500. The quantitative estimate of drug-likeness (QED) is 0.788. The van der Waals surface area contributed by atoms with Crippen LogP contribution in [0.1, 0.15) is 11.1 Å². The Morgan fingerprint density at radius 1 is 1.53 bits per heavy atom. The number of amides is 1. The molecule has 0 radical (unpaired) electrons. The van der Waals surface area contributed by atoms with Crippen molar-refractivity contribution < 1.29 is 14.3 Å². The molecule has 1 atom stereocenters. The summed E-state index contributed by atoms with van der Waals surface area (Å²) in [5.74, 6) is -0.0652. The highest BCUT2D eigenvalue weighted by atomic mass is 79.9. The van der Waals surface area contributed by atoms with Gasteiger partial charge in [-0.3, -0.25) is 9.69 Å². The van der Waals surface area contributed by atoms with E-state index in [2.05, 4.69) is 15.9 Å². The SMILES string of the molecule is Cc1cc(Cl)cc(CN2C(=O)OC[C@@H]2C(=O)CBr)c1. The molecule has 1 fully saturated rings. The number of cyclic esters (lactones) is 1. The molecule has 1 amide bonds. The van der Waals surface area contributed by atoms with E-state index < -0.39 is 12.1 Å². The third-order valence-electron chi connectivity index (χ3n) is 2.93. The fourth-order valence-electron chi connectivity index (χ4n) is 2.08. The molecule has 0 spiro atoms.